The van der Waals surface area contributed by atoms with Crippen LogP contribution in [-0.2, 0) is 12.8 Å². The zero-order valence-electron chi connectivity index (χ0n) is 11.5. The van der Waals surface area contributed by atoms with Crippen molar-refractivity contribution in [1.29, 1.82) is 0 Å². The van der Waals surface area contributed by atoms with Gasteiger partial charge < -0.3 is 10.5 Å². The standard InChI is InChI=1S/C15H23N3O/c16-8-11-4-3-5-12(11)9-19-15-13-6-1-2-7-14(13)17-10-18-15/h10-12H,1-9,16H2. The summed E-state index contributed by atoms with van der Waals surface area (Å²) in [7, 11) is 0. The highest BCUT2D eigenvalue weighted by atomic mass is 16.5. The van der Waals surface area contributed by atoms with E-state index in [1.165, 1.54) is 43.4 Å². The second-order valence-corrected chi connectivity index (χ2v) is 5.81. The molecule has 1 aromatic rings. The third-order valence-corrected chi connectivity index (χ3v) is 4.64. The van der Waals surface area contributed by atoms with Crippen molar-refractivity contribution < 1.29 is 4.74 Å². The summed E-state index contributed by atoms with van der Waals surface area (Å²) in [5.74, 6) is 2.07. The van der Waals surface area contributed by atoms with Crippen molar-refractivity contribution in [2.45, 2.75) is 44.9 Å². The van der Waals surface area contributed by atoms with Gasteiger partial charge in [0.15, 0.2) is 0 Å². The number of nitrogens with two attached hydrogens (primary N) is 1. The predicted molar refractivity (Wildman–Crippen MR) is 74.1 cm³/mol. The summed E-state index contributed by atoms with van der Waals surface area (Å²) in [5.41, 5.74) is 8.26. The Kier molecular flexibility index (Phi) is 3.97. The molecule has 0 aromatic carbocycles. The number of ether oxygens (including phenoxy) is 1. The summed E-state index contributed by atoms with van der Waals surface area (Å²) in [6, 6.07) is 0. The molecule has 2 aliphatic carbocycles. The van der Waals surface area contributed by atoms with E-state index in [1.807, 2.05) is 0 Å². The van der Waals surface area contributed by atoms with Gasteiger partial charge in [0.1, 0.15) is 6.33 Å². The lowest BCUT2D eigenvalue weighted by Crippen LogP contribution is -2.24. The third-order valence-electron chi connectivity index (χ3n) is 4.64. The van der Waals surface area contributed by atoms with Crippen LogP contribution in [0.2, 0.25) is 0 Å². The van der Waals surface area contributed by atoms with Gasteiger partial charge in [0.2, 0.25) is 5.88 Å². The van der Waals surface area contributed by atoms with Crippen LogP contribution in [0.15, 0.2) is 6.33 Å². The molecule has 4 nitrogen and oxygen atoms in total. The fraction of sp³-hybridized carbons (Fsp3) is 0.733. The largest absolute Gasteiger partial charge is 0.477 e. The molecule has 1 saturated carbocycles. The molecule has 0 saturated heterocycles. The van der Waals surface area contributed by atoms with E-state index in [-0.39, 0.29) is 0 Å². The Morgan fingerprint density at radius 3 is 2.84 bits per heavy atom. The number of rotatable bonds is 4. The van der Waals surface area contributed by atoms with Crippen LogP contribution in [0.5, 0.6) is 5.88 Å². The number of fused-ring (bicyclic) bond motifs is 1. The Morgan fingerprint density at radius 2 is 1.95 bits per heavy atom. The quantitative estimate of drug-likeness (QED) is 0.901. The number of aryl methyl sites for hydroxylation is 1. The molecule has 0 amide bonds. The highest BCUT2D eigenvalue weighted by molar-refractivity contribution is 5.31. The van der Waals surface area contributed by atoms with Gasteiger partial charge in [-0.05, 0) is 56.9 Å². The molecule has 0 aliphatic heterocycles. The lowest BCUT2D eigenvalue weighted by Gasteiger charge is -2.21. The maximum absolute atomic E-state index is 6.01. The van der Waals surface area contributed by atoms with Gasteiger partial charge in [-0.1, -0.05) is 6.42 Å². The van der Waals surface area contributed by atoms with E-state index in [0.29, 0.717) is 11.8 Å². The zero-order chi connectivity index (χ0) is 13.1. The molecule has 0 spiro atoms. The summed E-state index contributed by atoms with van der Waals surface area (Å²) in [6.45, 7) is 1.56. The van der Waals surface area contributed by atoms with Gasteiger partial charge in [-0.2, -0.15) is 0 Å². The molecule has 2 atom stereocenters. The molecule has 1 aromatic heterocycles. The van der Waals surface area contributed by atoms with E-state index >= 15 is 0 Å². The van der Waals surface area contributed by atoms with Crippen molar-refractivity contribution in [2.24, 2.45) is 17.6 Å². The SMILES string of the molecule is NCC1CCCC1COc1ncnc2c1CCCC2. The van der Waals surface area contributed by atoms with Crippen molar-refractivity contribution in [3.05, 3.63) is 17.6 Å². The van der Waals surface area contributed by atoms with E-state index < -0.39 is 0 Å². The number of nitrogens with zero attached hydrogens (tertiary/aromatic N) is 2. The van der Waals surface area contributed by atoms with E-state index in [9.17, 15) is 0 Å². The van der Waals surface area contributed by atoms with Crippen LogP contribution >= 0.6 is 0 Å². The molecule has 2 unspecified atom stereocenters. The molecular formula is C15H23N3O. The second-order valence-electron chi connectivity index (χ2n) is 5.81. The summed E-state index contributed by atoms with van der Waals surface area (Å²) in [6.07, 6.45) is 10.0. The average Bonchev–Trinajstić information content (AvgIpc) is 2.92. The predicted octanol–water partition coefficient (Wildman–Crippen LogP) is 2.11. The lowest BCUT2D eigenvalue weighted by molar-refractivity contribution is 0.207. The van der Waals surface area contributed by atoms with Crippen molar-refractivity contribution in [1.82, 2.24) is 9.97 Å². The number of hydrogen-bond donors (Lipinski definition) is 1. The van der Waals surface area contributed by atoms with Crippen molar-refractivity contribution in [3.8, 4) is 5.88 Å². The Labute approximate surface area is 114 Å². The van der Waals surface area contributed by atoms with Crippen molar-refractivity contribution >= 4 is 0 Å². The maximum atomic E-state index is 6.01. The summed E-state index contributed by atoms with van der Waals surface area (Å²) >= 11 is 0. The minimum Gasteiger partial charge on any atom is -0.477 e. The first-order chi connectivity index (χ1) is 9.38. The van der Waals surface area contributed by atoms with Crippen LogP contribution in [-0.4, -0.2) is 23.1 Å². The van der Waals surface area contributed by atoms with Gasteiger partial charge in [0.25, 0.3) is 0 Å². The van der Waals surface area contributed by atoms with Gasteiger partial charge in [-0.25, -0.2) is 9.97 Å². The summed E-state index contributed by atoms with van der Waals surface area (Å²) in [5, 5.41) is 0. The summed E-state index contributed by atoms with van der Waals surface area (Å²) < 4.78 is 6.01. The van der Waals surface area contributed by atoms with E-state index in [2.05, 4.69) is 9.97 Å². The van der Waals surface area contributed by atoms with Crippen LogP contribution in [0, 0.1) is 11.8 Å². The Balaban J connectivity index is 1.67. The lowest BCUT2D eigenvalue weighted by atomic mass is 9.96. The highest BCUT2D eigenvalue weighted by Crippen LogP contribution is 2.32. The summed E-state index contributed by atoms with van der Waals surface area (Å²) in [4.78, 5) is 8.72. The van der Waals surface area contributed by atoms with E-state index in [4.69, 9.17) is 10.5 Å². The Morgan fingerprint density at radius 1 is 1.11 bits per heavy atom. The molecule has 104 valence electrons. The van der Waals surface area contributed by atoms with Gasteiger partial charge in [0.05, 0.1) is 12.3 Å². The first kappa shape index (κ1) is 12.9. The minimum atomic E-state index is 0.610. The van der Waals surface area contributed by atoms with Gasteiger partial charge in [-0.3, -0.25) is 0 Å². The fourth-order valence-corrected chi connectivity index (χ4v) is 3.44. The van der Waals surface area contributed by atoms with Crippen LogP contribution in [0.4, 0.5) is 0 Å². The fourth-order valence-electron chi connectivity index (χ4n) is 3.44. The Hall–Kier alpha value is -1.16. The molecule has 19 heavy (non-hydrogen) atoms. The average molecular weight is 261 g/mol. The van der Waals surface area contributed by atoms with Gasteiger partial charge in [0, 0.05) is 5.56 Å². The molecular weight excluding hydrogens is 238 g/mol. The number of hydrogen-bond acceptors (Lipinski definition) is 4. The monoisotopic (exact) mass is 261 g/mol. The smallest absolute Gasteiger partial charge is 0.219 e. The van der Waals surface area contributed by atoms with Crippen LogP contribution in [0.25, 0.3) is 0 Å². The van der Waals surface area contributed by atoms with E-state index in [1.54, 1.807) is 6.33 Å². The first-order valence-electron chi connectivity index (χ1n) is 7.54. The Bertz CT molecular complexity index is 435. The topological polar surface area (TPSA) is 61.0 Å². The maximum Gasteiger partial charge on any atom is 0.219 e. The molecule has 0 radical (unpaired) electrons. The molecule has 3 rings (SSSR count). The van der Waals surface area contributed by atoms with Crippen molar-refractivity contribution in [2.75, 3.05) is 13.2 Å². The van der Waals surface area contributed by atoms with E-state index in [0.717, 1.165) is 31.9 Å². The van der Waals surface area contributed by atoms with Crippen LogP contribution in [0.3, 0.4) is 0 Å². The number of aromatic nitrogens is 2. The van der Waals surface area contributed by atoms with Crippen LogP contribution in [0.1, 0.15) is 43.4 Å². The molecule has 1 heterocycles. The van der Waals surface area contributed by atoms with Gasteiger partial charge >= 0.3 is 0 Å². The highest BCUT2D eigenvalue weighted by Gasteiger charge is 2.27. The molecule has 1 fully saturated rings. The second kappa shape index (κ2) is 5.87. The zero-order valence-corrected chi connectivity index (χ0v) is 11.5. The van der Waals surface area contributed by atoms with Crippen LogP contribution < -0.4 is 10.5 Å². The molecule has 2 aliphatic rings. The first-order valence-corrected chi connectivity index (χ1v) is 7.54. The van der Waals surface area contributed by atoms with Crippen molar-refractivity contribution in [3.63, 3.8) is 0 Å². The molecule has 0 bridgehead atoms. The third kappa shape index (κ3) is 2.73. The molecule has 4 heteroatoms. The normalized spacial score (nSPS) is 26.2. The van der Waals surface area contributed by atoms with Gasteiger partial charge in [-0.15, -0.1) is 0 Å². The minimum absolute atomic E-state index is 0.610. The molecule has 2 N–H and O–H groups in total.